The zero-order valence-electron chi connectivity index (χ0n) is 25.2. The van der Waals surface area contributed by atoms with Crippen LogP contribution in [0.3, 0.4) is 0 Å². The first-order valence-electron chi connectivity index (χ1n) is 14.5. The third-order valence-corrected chi connectivity index (χ3v) is 7.88. The predicted octanol–water partition coefficient (Wildman–Crippen LogP) is 4.39. The van der Waals surface area contributed by atoms with Gasteiger partial charge in [0.25, 0.3) is 0 Å². The summed E-state index contributed by atoms with van der Waals surface area (Å²) in [7, 11) is 1.57. The number of piperidine rings is 1. The molecule has 2 aromatic rings. The molecule has 232 valence electrons. The number of para-hydroxylation sites is 1. The number of likely N-dealkylation sites (tertiary alicyclic amines) is 1. The summed E-state index contributed by atoms with van der Waals surface area (Å²) in [6, 6.07) is 12.7. The molecule has 2 aliphatic heterocycles. The minimum absolute atomic E-state index is 0.0104. The third-order valence-electron chi connectivity index (χ3n) is 7.65. The SMILES string of the molecule is COc1ccccc1C1OCCC(=O)N(CC(=O)N2CCCC(C(=O)O)C2)CC(=O)N(CC(C)(C)C)c2ccc(Cl)cc21. The van der Waals surface area contributed by atoms with Gasteiger partial charge in [0.1, 0.15) is 24.9 Å². The Hall–Kier alpha value is -3.63. The molecule has 0 saturated carbocycles. The van der Waals surface area contributed by atoms with Crippen LogP contribution < -0.4 is 9.64 Å². The van der Waals surface area contributed by atoms with Crippen molar-refractivity contribution in [3.8, 4) is 5.75 Å². The van der Waals surface area contributed by atoms with Gasteiger partial charge in [-0.1, -0.05) is 50.6 Å². The van der Waals surface area contributed by atoms with E-state index >= 15 is 0 Å². The number of amides is 3. The molecule has 0 aliphatic carbocycles. The molecular formula is C32H40ClN3O7. The lowest BCUT2D eigenvalue weighted by atomic mass is 9.93. The number of carboxylic acids is 1. The topological polar surface area (TPSA) is 117 Å². The van der Waals surface area contributed by atoms with E-state index in [1.54, 1.807) is 30.2 Å². The van der Waals surface area contributed by atoms with Crippen molar-refractivity contribution in [3.05, 3.63) is 58.6 Å². The number of hydrogen-bond donors (Lipinski definition) is 1. The minimum Gasteiger partial charge on any atom is -0.496 e. The Balaban J connectivity index is 1.73. The van der Waals surface area contributed by atoms with E-state index in [4.69, 9.17) is 21.1 Å². The second kappa shape index (κ2) is 13.8. The van der Waals surface area contributed by atoms with Crippen LogP contribution in [0.15, 0.2) is 42.5 Å². The van der Waals surface area contributed by atoms with Crippen molar-refractivity contribution >= 4 is 41.0 Å². The molecule has 43 heavy (non-hydrogen) atoms. The maximum Gasteiger partial charge on any atom is 0.308 e. The Labute approximate surface area is 257 Å². The fraction of sp³-hybridized carbons (Fsp3) is 0.500. The van der Waals surface area contributed by atoms with Crippen LogP contribution >= 0.6 is 11.6 Å². The standard InChI is InChI=1S/C32H40ClN3O7/c1-32(2,3)20-36-25-12-11-22(33)16-24(25)30(23-9-5-6-10-26(23)42-4)43-15-13-27(37)35(19-29(36)39)18-28(38)34-14-7-8-21(17-34)31(40)41/h5-6,9-12,16,21,30H,7-8,13-15,17-20H2,1-4H3,(H,40,41). The van der Waals surface area contributed by atoms with Gasteiger partial charge in [-0.15, -0.1) is 0 Å². The number of carboxylic acid groups (broad SMARTS) is 1. The van der Waals surface area contributed by atoms with Crippen molar-refractivity contribution in [3.63, 3.8) is 0 Å². The lowest BCUT2D eigenvalue weighted by Gasteiger charge is -2.35. The number of halogens is 1. The number of rotatable bonds is 6. The van der Waals surface area contributed by atoms with Crippen molar-refractivity contribution in [2.75, 3.05) is 51.3 Å². The van der Waals surface area contributed by atoms with Gasteiger partial charge >= 0.3 is 5.97 Å². The molecule has 2 aliphatic rings. The van der Waals surface area contributed by atoms with Crippen LogP contribution in [0.1, 0.15) is 57.3 Å². The zero-order chi connectivity index (χ0) is 31.3. The van der Waals surface area contributed by atoms with E-state index in [2.05, 4.69) is 0 Å². The van der Waals surface area contributed by atoms with E-state index in [1.807, 2.05) is 45.0 Å². The van der Waals surface area contributed by atoms with Crippen LogP contribution in [0.5, 0.6) is 5.75 Å². The van der Waals surface area contributed by atoms with E-state index in [0.717, 1.165) is 0 Å². The van der Waals surface area contributed by atoms with E-state index < -0.39 is 23.9 Å². The second-order valence-electron chi connectivity index (χ2n) is 12.3. The monoisotopic (exact) mass is 613 g/mol. The highest BCUT2D eigenvalue weighted by Crippen LogP contribution is 2.40. The van der Waals surface area contributed by atoms with Crippen molar-refractivity contribution in [2.24, 2.45) is 11.3 Å². The van der Waals surface area contributed by atoms with Gasteiger partial charge in [-0.25, -0.2) is 0 Å². The molecule has 2 aromatic carbocycles. The zero-order valence-corrected chi connectivity index (χ0v) is 25.9. The Bertz CT molecular complexity index is 1360. The van der Waals surface area contributed by atoms with Gasteiger partial charge in [0, 0.05) is 41.5 Å². The number of anilines is 1. The van der Waals surface area contributed by atoms with Gasteiger partial charge in [0.05, 0.1) is 26.1 Å². The summed E-state index contributed by atoms with van der Waals surface area (Å²) in [5, 5.41) is 9.92. The summed E-state index contributed by atoms with van der Waals surface area (Å²) in [5.41, 5.74) is 1.63. The van der Waals surface area contributed by atoms with Crippen molar-refractivity contribution in [1.29, 1.82) is 0 Å². The first kappa shape index (κ1) is 32.3. The second-order valence-corrected chi connectivity index (χ2v) is 12.7. The van der Waals surface area contributed by atoms with Gasteiger partial charge in [-0.3, -0.25) is 19.2 Å². The molecule has 2 heterocycles. The van der Waals surface area contributed by atoms with Gasteiger partial charge in [-0.05, 0) is 42.5 Å². The highest BCUT2D eigenvalue weighted by Gasteiger charge is 2.34. The maximum absolute atomic E-state index is 14.1. The summed E-state index contributed by atoms with van der Waals surface area (Å²) in [4.78, 5) is 56.9. The smallest absolute Gasteiger partial charge is 0.308 e. The molecule has 11 heteroatoms. The number of nitrogens with zero attached hydrogens (tertiary/aromatic N) is 3. The lowest BCUT2D eigenvalue weighted by molar-refractivity contribution is -0.148. The van der Waals surface area contributed by atoms with Crippen LogP contribution in [-0.4, -0.2) is 85.0 Å². The molecule has 0 bridgehead atoms. The molecule has 3 amide bonds. The van der Waals surface area contributed by atoms with E-state index in [1.165, 1.54) is 9.80 Å². The molecule has 4 rings (SSSR count). The maximum atomic E-state index is 14.1. The van der Waals surface area contributed by atoms with Crippen molar-refractivity contribution < 1.29 is 33.8 Å². The quantitative estimate of drug-likeness (QED) is 0.514. The van der Waals surface area contributed by atoms with Crippen molar-refractivity contribution in [1.82, 2.24) is 9.80 Å². The summed E-state index contributed by atoms with van der Waals surface area (Å²) >= 11 is 6.50. The van der Waals surface area contributed by atoms with Gasteiger partial charge < -0.3 is 29.3 Å². The van der Waals surface area contributed by atoms with E-state index in [9.17, 15) is 24.3 Å². The fourth-order valence-corrected chi connectivity index (χ4v) is 5.75. The van der Waals surface area contributed by atoms with Gasteiger partial charge in [0.2, 0.25) is 17.7 Å². The Morgan fingerprint density at radius 2 is 1.84 bits per heavy atom. The molecule has 2 atom stereocenters. The molecule has 2 unspecified atom stereocenters. The highest BCUT2D eigenvalue weighted by molar-refractivity contribution is 6.30. The number of hydrogen-bond acceptors (Lipinski definition) is 6. The normalized spacial score (nSPS) is 20.3. The lowest BCUT2D eigenvalue weighted by Crippen LogP contribution is -2.51. The van der Waals surface area contributed by atoms with Crippen LogP contribution in [0.4, 0.5) is 5.69 Å². The predicted molar refractivity (Wildman–Crippen MR) is 162 cm³/mol. The Morgan fingerprint density at radius 3 is 2.53 bits per heavy atom. The summed E-state index contributed by atoms with van der Waals surface area (Å²) < 4.78 is 12.0. The number of carbonyl (C=O) groups excluding carboxylic acids is 3. The van der Waals surface area contributed by atoms with Crippen LogP contribution in [0, 0.1) is 11.3 Å². The largest absolute Gasteiger partial charge is 0.496 e. The molecule has 0 spiro atoms. The number of fused-ring (bicyclic) bond motifs is 1. The number of benzene rings is 2. The van der Waals surface area contributed by atoms with Crippen LogP contribution in [0.2, 0.25) is 5.02 Å². The van der Waals surface area contributed by atoms with Gasteiger partial charge in [-0.2, -0.15) is 0 Å². The van der Waals surface area contributed by atoms with E-state index in [0.29, 0.717) is 53.5 Å². The number of carbonyl (C=O) groups is 4. The highest BCUT2D eigenvalue weighted by atomic mass is 35.5. The average Bonchev–Trinajstić information content (AvgIpc) is 2.98. The van der Waals surface area contributed by atoms with Crippen LogP contribution in [0.25, 0.3) is 0 Å². The molecule has 1 saturated heterocycles. The number of methoxy groups -OCH3 is 1. The first-order chi connectivity index (χ1) is 20.4. The summed E-state index contributed by atoms with van der Waals surface area (Å²) in [6.07, 6.45) is 0.282. The molecule has 10 nitrogen and oxygen atoms in total. The summed E-state index contributed by atoms with van der Waals surface area (Å²) in [6.45, 7) is 6.20. The number of ether oxygens (including phenoxy) is 2. The van der Waals surface area contributed by atoms with Gasteiger partial charge in [0.15, 0.2) is 0 Å². The van der Waals surface area contributed by atoms with Crippen LogP contribution in [-0.2, 0) is 23.9 Å². The Kier molecular flexibility index (Phi) is 10.3. The Morgan fingerprint density at radius 1 is 1.09 bits per heavy atom. The molecule has 0 radical (unpaired) electrons. The fourth-order valence-electron chi connectivity index (χ4n) is 5.56. The molecular weight excluding hydrogens is 574 g/mol. The molecule has 1 fully saturated rings. The minimum atomic E-state index is -0.947. The summed E-state index contributed by atoms with van der Waals surface area (Å²) in [5.74, 6) is -2.17. The van der Waals surface area contributed by atoms with E-state index in [-0.39, 0.29) is 49.9 Å². The first-order valence-corrected chi connectivity index (χ1v) is 14.9. The molecule has 1 N–H and O–H groups in total. The number of aliphatic carboxylic acids is 1. The van der Waals surface area contributed by atoms with Crippen molar-refractivity contribution in [2.45, 2.75) is 46.1 Å². The third kappa shape index (κ3) is 8.06. The average molecular weight is 614 g/mol. The molecule has 0 aromatic heterocycles.